The molecule has 2 aromatic heterocycles. The van der Waals surface area contributed by atoms with Crippen LogP contribution in [0.1, 0.15) is 5.56 Å². The number of piperazine rings is 1. The van der Waals surface area contributed by atoms with Crippen molar-refractivity contribution >= 4 is 16.7 Å². The Kier molecular flexibility index (Phi) is 4.47. The second kappa shape index (κ2) is 7.40. The summed E-state index contributed by atoms with van der Waals surface area (Å²) < 4.78 is 2.02. The van der Waals surface area contributed by atoms with E-state index < -0.39 is 0 Å². The molecular weight excluding hydrogens is 348 g/mol. The Labute approximate surface area is 164 Å². The minimum atomic E-state index is 0.975. The maximum absolute atomic E-state index is 4.56. The van der Waals surface area contributed by atoms with Gasteiger partial charge in [0.2, 0.25) is 0 Å². The molecule has 0 spiro atoms. The van der Waals surface area contributed by atoms with E-state index in [0.717, 1.165) is 55.1 Å². The Morgan fingerprint density at radius 1 is 0.857 bits per heavy atom. The molecule has 1 aliphatic rings. The van der Waals surface area contributed by atoms with Gasteiger partial charge < -0.3 is 9.47 Å². The number of nitrogens with zero attached hydrogens (tertiary/aromatic N) is 6. The highest BCUT2D eigenvalue weighted by Gasteiger charge is 2.19. The quantitative estimate of drug-likeness (QED) is 0.552. The molecule has 5 rings (SSSR count). The van der Waals surface area contributed by atoms with Gasteiger partial charge in [-0.15, -0.1) is 0 Å². The molecule has 28 heavy (non-hydrogen) atoms. The van der Waals surface area contributed by atoms with Gasteiger partial charge in [0.1, 0.15) is 12.1 Å². The number of para-hydroxylation sites is 1. The van der Waals surface area contributed by atoms with Crippen molar-refractivity contribution in [2.75, 3.05) is 31.1 Å². The summed E-state index contributed by atoms with van der Waals surface area (Å²) in [6, 6.07) is 17.0. The van der Waals surface area contributed by atoms with E-state index in [2.05, 4.69) is 61.1 Å². The van der Waals surface area contributed by atoms with Crippen LogP contribution in [0.5, 0.6) is 0 Å². The molecule has 1 fully saturated rings. The lowest BCUT2D eigenvalue weighted by atomic mass is 10.1. The van der Waals surface area contributed by atoms with Crippen LogP contribution >= 0.6 is 0 Å². The largest absolute Gasteiger partial charge is 0.353 e. The third-order valence-electron chi connectivity index (χ3n) is 5.34. The summed E-state index contributed by atoms with van der Waals surface area (Å²) in [5.41, 5.74) is 3.49. The Hall–Kier alpha value is -3.25. The molecule has 140 valence electrons. The number of hydrogen-bond acceptors (Lipinski definition) is 5. The molecule has 6 heteroatoms. The van der Waals surface area contributed by atoms with Crippen molar-refractivity contribution in [1.29, 1.82) is 0 Å². The Balaban J connectivity index is 1.24. The van der Waals surface area contributed by atoms with Crippen molar-refractivity contribution in [2.24, 2.45) is 0 Å². The first-order valence-corrected chi connectivity index (χ1v) is 9.61. The summed E-state index contributed by atoms with van der Waals surface area (Å²) in [6.07, 6.45) is 7.26. The Bertz CT molecular complexity index is 1040. The zero-order valence-corrected chi connectivity index (χ0v) is 15.6. The number of hydrogen-bond donors (Lipinski definition) is 0. The predicted octanol–water partition coefficient (Wildman–Crippen LogP) is 3.14. The third-order valence-corrected chi connectivity index (χ3v) is 5.34. The monoisotopic (exact) mass is 370 g/mol. The molecule has 4 aromatic rings. The first-order chi connectivity index (χ1) is 13.9. The SMILES string of the molecule is c1ccc2c(N3CCN(Cc4ccc(-n5ccnc5)cc4)CC3)ncnc2c1. The van der Waals surface area contributed by atoms with Crippen molar-refractivity contribution in [3.63, 3.8) is 0 Å². The van der Waals surface area contributed by atoms with Crippen LogP contribution in [0.4, 0.5) is 5.82 Å². The number of anilines is 1. The second-order valence-electron chi connectivity index (χ2n) is 7.11. The van der Waals surface area contributed by atoms with Crippen LogP contribution in [-0.4, -0.2) is 50.6 Å². The summed E-state index contributed by atoms with van der Waals surface area (Å²) >= 11 is 0. The highest BCUT2D eigenvalue weighted by Crippen LogP contribution is 2.24. The summed E-state index contributed by atoms with van der Waals surface area (Å²) in [5, 5.41) is 1.13. The number of rotatable bonds is 4. The van der Waals surface area contributed by atoms with Gasteiger partial charge in [-0.05, 0) is 29.8 Å². The molecule has 3 heterocycles. The average Bonchev–Trinajstić information content (AvgIpc) is 3.29. The van der Waals surface area contributed by atoms with Crippen molar-refractivity contribution < 1.29 is 0 Å². The molecule has 0 aliphatic carbocycles. The van der Waals surface area contributed by atoms with Gasteiger partial charge in [0, 0.05) is 56.2 Å². The highest BCUT2D eigenvalue weighted by molar-refractivity contribution is 5.89. The fraction of sp³-hybridized carbons (Fsp3) is 0.227. The first kappa shape index (κ1) is 16.9. The maximum atomic E-state index is 4.56. The molecule has 0 saturated carbocycles. The van der Waals surface area contributed by atoms with Crippen molar-refractivity contribution in [2.45, 2.75) is 6.54 Å². The summed E-state index contributed by atoms with van der Waals surface area (Å²) in [6.45, 7) is 4.99. The Morgan fingerprint density at radius 2 is 1.68 bits per heavy atom. The highest BCUT2D eigenvalue weighted by atomic mass is 15.3. The maximum Gasteiger partial charge on any atom is 0.139 e. The van der Waals surface area contributed by atoms with Crippen molar-refractivity contribution in [3.8, 4) is 5.69 Å². The van der Waals surface area contributed by atoms with E-state index in [1.165, 1.54) is 5.56 Å². The van der Waals surface area contributed by atoms with E-state index in [-0.39, 0.29) is 0 Å². The van der Waals surface area contributed by atoms with Crippen LogP contribution in [0.25, 0.3) is 16.6 Å². The summed E-state index contributed by atoms with van der Waals surface area (Å²) in [7, 11) is 0. The number of aromatic nitrogens is 4. The van der Waals surface area contributed by atoms with Gasteiger partial charge >= 0.3 is 0 Å². The molecule has 0 bridgehead atoms. The van der Waals surface area contributed by atoms with Gasteiger partial charge in [0.25, 0.3) is 0 Å². The predicted molar refractivity (Wildman–Crippen MR) is 111 cm³/mol. The van der Waals surface area contributed by atoms with Crippen molar-refractivity contribution in [3.05, 3.63) is 79.1 Å². The van der Waals surface area contributed by atoms with Gasteiger partial charge in [-0.1, -0.05) is 24.3 Å². The topological polar surface area (TPSA) is 50.1 Å². The minimum Gasteiger partial charge on any atom is -0.353 e. The number of fused-ring (bicyclic) bond motifs is 1. The normalized spacial score (nSPS) is 15.2. The molecule has 0 radical (unpaired) electrons. The minimum absolute atomic E-state index is 0.975. The molecule has 0 atom stereocenters. The van der Waals surface area contributed by atoms with Gasteiger partial charge in [-0.2, -0.15) is 0 Å². The Morgan fingerprint density at radius 3 is 2.46 bits per heavy atom. The van der Waals surface area contributed by atoms with E-state index in [1.54, 1.807) is 12.5 Å². The molecule has 6 nitrogen and oxygen atoms in total. The fourth-order valence-corrected chi connectivity index (χ4v) is 3.80. The van der Waals surface area contributed by atoms with Crippen molar-refractivity contribution in [1.82, 2.24) is 24.4 Å². The number of imidazole rings is 1. The van der Waals surface area contributed by atoms with E-state index >= 15 is 0 Å². The fourth-order valence-electron chi connectivity index (χ4n) is 3.80. The second-order valence-corrected chi connectivity index (χ2v) is 7.11. The lowest BCUT2D eigenvalue weighted by Crippen LogP contribution is -2.46. The lowest BCUT2D eigenvalue weighted by Gasteiger charge is -2.35. The van der Waals surface area contributed by atoms with Gasteiger partial charge in [-0.25, -0.2) is 15.0 Å². The number of benzene rings is 2. The molecule has 0 amide bonds. The first-order valence-electron chi connectivity index (χ1n) is 9.61. The smallest absolute Gasteiger partial charge is 0.139 e. The van der Waals surface area contributed by atoms with Crippen LogP contribution in [0, 0.1) is 0 Å². The molecule has 1 saturated heterocycles. The van der Waals surface area contributed by atoms with Gasteiger partial charge in [-0.3, -0.25) is 4.90 Å². The van der Waals surface area contributed by atoms with E-state index in [1.807, 2.05) is 29.2 Å². The molecule has 0 N–H and O–H groups in total. The molecule has 0 unspecified atom stereocenters. The average molecular weight is 370 g/mol. The van der Waals surface area contributed by atoms with Gasteiger partial charge in [0.05, 0.1) is 11.8 Å². The molecular formula is C22H22N6. The van der Waals surface area contributed by atoms with Crippen LogP contribution < -0.4 is 4.90 Å². The van der Waals surface area contributed by atoms with E-state index in [9.17, 15) is 0 Å². The zero-order chi connectivity index (χ0) is 18.8. The van der Waals surface area contributed by atoms with Crippen LogP contribution in [0.2, 0.25) is 0 Å². The molecule has 1 aliphatic heterocycles. The van der Waals surface area contributed by atoms with Crippen LogP contribution in [0.3, 0.4) is 0 Å². The summed E-state index contributed by atoms with van der Waals surface area (Å²) in [4.78, 5) is 17.9. The van der Waals surface area contributed by atoms with Crippen LogP contribution in [0.15, 0.2) is 73.6 Å². The van der Waals surface area contributed by atoms with Gasteiger partial charge in [0.15, 0.2) is 0 Å². The molecule has 2 aromatic carbocycles. The van der Waals surface area contributed by atoms with E-state index in [4.69, 9.17) is 0 Å². The zero-order valence-electron chi connectivity index (χ0n) is 15.6. The standard InChI is InChI=1S/C22H22N6/c1-2-4-21-20(3-1)22(25-16-24-21)27-13-11-26(12-14-27)15-18-5-7-19(8-6-18)28-10-9-23-17-28/h1-10,16-17H,11-15H2. The lowest BCUT2D eigenvalue weighted by molar-refractivity contribution is 0.249. The summed E-state index contributed by atoms with van der Waals surface area (Å²) in [5.74, 6) is 1.05. The van der Waals surface area contributed by atoms with E-state index in [0.29, 0.717) is 0 Å². The van der Waals surface area contributed by atoms with Crippen LogP contribution in [-0.2, 0) is 6.54 Å². The third kappa shape index (κ3) is 3.34.